The van der Waals surface area contributed by atoms with E-state index in [1.54, 1.807) is 13.2 Å². The molecule has 0 aliphatic rings. The summed E-state index contributed by atoms with van der Waals surface area (Å²) >= 11 is 0. The number of carbonyl (C=O) groups excluding carboxylic acids is 1. The molecule has 0 aliphatic carbocycles. The number of aryl methyl sites for hydroxylation is 1. The predicted octanol–water partition coefficient (Wildman–Crippen LogP) is 5.50. The van der Waals surface area contributed by atoms with Crippen molar-refractivity contribution in [3.05, 3.63) is 77.9 Å². The number of hydrogen-bond donors (Lipinski definition) is 1. The van der Waals surface area contributed by atoms with Gasteiger partial charge in [0.05, 0.1) is 13.2 Å². The van der Waals surface area contributed by atoms with Crippen molar-refractivity contribution in [3.8, 4) is 16.9 Å². The van der Waals surface area contributed by atoms with Gasteiger partial charge in [-0.2, -0.15) is 0 Å². The van der Waals surface area contributed by atoms with Crippen LogP contribution in [0.3, 0.4) is 0 Å². The fraction of sp³-hybridized carbons (Fsp3) is 0.174. The summed E-state index contributed by atoms with van der Waals surface area (Å²) in [6.07, 6.45) is 0. The SMILES string of the molecule is COc1ccc2c(-c3ccccc3)c(C(=O)NC(C)c3ccc(C)o3)oc2c1. The Labute approximate surface area is 162 Å². The lowest BCUT2D eigenvalue weighted by molar-refractivity contribution is 0.0910. The second-order valence-corrected chi connectivity index (χ2v) is 6.68. The Hall–Kier alpha value is -3.47. The number of fused-ring (bicyclic) bond motifs is 1. The first-order chi connectivity index (χ1) is 13.6. The monoisotopic (exact) mass is 375 g/mol. The van der Waals surface area contributed by atoms with Gasteiger partial charge in [0, 0.05) is 17.0 Å². The molecule has 2 aromatic heterocycles. The molecule has 28 heavy (non-hydrogen) atoms. The smallest absolute Gasteiger partial charge is 0.288 e. The number of furan rings is 2. The number of methoxy groups -OCH3 is 1. The van der Waals surface area contributed by atoms with Crippen LogP contribution in [0.25, 0.3) is 22.1 Å². The molecule has 2 heterocycles. The molecule has 1 atom stereocenters. The highest BCUT2D eigenvalue weighted by molar-refractivity contribution is 6.08. The molecule has 5 nitrogen and oxygen atoms in total. The lowest BCUT2D eigenvalue weighted by Gasteiger charge is -2.11. The third-order valence-corrected chi connectivity index (χ3v) is 4.70. The van der Waals surface area contributed by atoms with Gasteiger partial charge in [-0.3, -0.25) is 4.79 Å². The lowest BCUT2D eigenvalue weighted by atomic mass is 10.0. The molecule has 0 spiro atoms. The van der Waals surface area contributed by atoms with Crippen molar-refractivity contribution in [2.24, 2.45) is 0 Å². The van der Waals surface area contributed by atoms with Gasteiger partial charge in [-0.15, -0.1) is 0 Å². The summed E-state index contributed by atoms with van der Waals surface area (Å²) in [5.41, 5.74) is 2.28. The van der Waals surface area contributed by atoms with Gasteiger partial charge in [0.15, 0.2) is 0 Å². The fourth-order valence-corrected chi connectivity index (χ4v) is 3.27. The topological polar surface area (TPSA) is 64.6 Å². The van der Waals surface area contributed by atoms with Gasteiger partial charge in [0.2, 0.25) is 5.76 Å². The van der Waals surface area contributed by atoms with E-state index in [1.165, 1.54) is 0 Å². The Morgan fingerprint density at radius 1 is 1.04 bits per heavy atom. The molecule has 1 N–H and O–H groups in total. The summed E-state index contributed by atoms with van der Waals surface area (Å²) in [5, 5.41) is 3.83. The number of ether oxygens (including phenoxy) is 1. The van der Waals surface area contributed by atoms with Crippen molar-refractivity contribution >= 4 is 16.9 Å². The average molecular weight is 375 g/mol. The van der Waals surface area contributed by atoms with E-state index in [0.29, 0.717) is 17.1 Å². The van der Waals surface area contributed by atoms with Crippen LogP contribution in [0.15, 0.2) is 69.5 Å². The molecular weight excluding hydrogens is 354 g/mol. The zero-order valence-corrected chi connectivity index (χ0v) is 16.0. The molecular formula is C23H21NO4. The quantitative estimate of drug-likeness (QED) is 0.500. The Kier molecular flexibility index (Phi) is 4.65. The maximum Gasteiger partial charge on any atom is 0.288 e. The summed E-state index contributed by atoms with van der Waals surface area (Å²) in [6, 6.07) is 18.8. The van der Waals surface area contributed by atoms with E-state index >= 15 is 0 Å². The maximum absolute atomic E-state index is 13.1. The number of amides is 1. The second-order valence-electron chi connectivity index (χ2n) is 6.68. The van der Waals surface area contributed by atoms with E-state index in [1.807, 2.05) is 68.4 Å². The van der Waals surface area contributed by atoms with Gasteiger partial charge >= 0.3 is 0 Å². The number of benzene rings is 2. The standard InChI is InChI=1S/C23H21NO4/c1-14-9-12-19(27-14)15(2)24-23(25)22-21(16-7-5-4-6-8-16)18-11-10-17(26-3)13-20(18)28-22/h4-13,15H,1-3H3,(H,24,25). The Balaban J connectivity index is 1.77. The molecule has 4 aromatic rings. The summed E-state index contributed by atoms with van der Waals surface area (Å²) in [5.74, 6) is 2.15. The van der Waals surface area contributed by atoms with Crippen LogP contribution in [0.4, 0.5) is 0 Å². The van der Waals surface area contributed by atoms with Crippen LogP contribution in [-0.4, -0.2) is 13.0 Å². The number of carbonyl (C=O) groups is 1. The predicted molar refractivity (Wildman–Crippen MR) is 108 cm³/mol. The zero-order chi connectivity index (χ0) is 19.7. The minimum atomic E-state index is -0.296. The fourth-order valence-electron chi connectivity index (χ4n) is 3.27. The van der Waals surface area contributed by atoms with Gasteiger partial charge in [0.1, 0.15) is 22.9 Å². The van der Waals surface area contributed by atoms with Crippen molar-refractivity contribution in [2.75, 3.05) is 7.11 Å². The first-order valence-electron chi connectivity index (χ1n) is 9.10. The molecule has 4 rings (SSSR count). The normalized spacial score (nSPS) is 12.1. The van der Waals surface area contributed by atoms with Gasteiger partial charge in [-0.05, 0) is 43.7 Å². The molecule has 0 saturated heterocycles. The van der Waals surface area contributed by atoms with E-state index < -0.39 is 0 Å². The van der Waals surface area contributed by atoms with Crippen LogP contribution in [0.2, 0.25) is 0 Å². The first-order valence-corrected chi connectivity index (χ1v) is 9.10. The summed E-state index contributed by atoms with van der Waals surface area (Å²) in [7, 11) is 1.60. The lowest BCUT2D eigenvalue weighted by Crippen LogP contribution is -2.26. The molecule has 0 radical (unpaired) electrons. The van der Waals surface area contributed by atoms with Crippen LogP contribution in [0.5, 0.6) is 5.75 Å². The largest absolute Gasteiger partial charge is 0.497 e. The minimum absolute atomic E-state index is 0.268. The van der Waals surface area contributed by atoms with E-state index in [2.05, 4.69) is 5.32 Å². The van der Waals surface area contributed by atoms with Gasteiger partial charge in [-0.25, -0.2) is 0 Å². The number of nitrogens with one attached hydrogen (secondary N) is 1. The molecule has 0 saturated carbocycles. The maximum atomic E-state index is 13.1. The average Bonchev–Trinajstić information content (AvgIpc) is 3.31. The van der Waals surface area contributed by atoms with Crippen LogP contribution < -0.4 is 10.1 Å². The van der Waals surface area contributed by atoms with Crippen LogP contribution >= 0.6 is 0 Å². The van der Waals surface area contributed by atoms with Gasteiger partial charge in [0.25, 0.3) is 5.91 Å². The summed E-state index contributed by atoms with van der Waals surface area (Å²) < 4.78 is 16.9. The van der Waals surface area contributed by atoms with Crippen molar-refractivity contribution in [2.45, 2.75) is 19.9 Å². The first kappa shape index (κ1) is 17.9. The van der Waals surface area contributed by atoms with Crippen molar-refractivity contribution in [3.63, 3.8) is 0 Å². The van der Waals surface area contributed by atoms with Crippen molar-refractivity contribution in [1.82, 2.24) is 5.32 Å². The molecule has 1 amide bonds. The molecule has 142 valence electrons. The summed E-state index contributed by atoms with van der Waals surface area (Å²) in [4.78, 5) is 13.1. The van der Waals surface area contributed by atoms with Crippen molar-refractivity contribution in [1.29, 1.82) is 0 Å². The van der Waals surface area contributed by atoms with Crippen LogP contribution in [0, 0.1) is 6.92 Å². The van der Waals surface area contributed by atoms with Crippen LogP contribution in [-0.2, 0) is 0 Å². The van der Waals surface area contributed by atoms with Crippen LogP contribution in [0.1, 0.15) is 35.0 Å². The number of rotatable bonds is 5. The third kappa shape index (κ3) is 3.27. The Morgan fingerprint density at radius 2 is 1.82 bits per heavy atom. The van der Waals surface area contributed by atoms with E-state index in [4.69, 9.17) is 13.6 Å². The van der Waals surface area contributed by atoms with E-state index in [0.717, 1.165) is 22.3 Å². The van der Waals surface area contributed by atoms with Crippen molar-refractivity contribution < 1.29 is 18.4 Å². The highest BCUT2D eigenvalue weighted by Gasteiger charge is 2.24. The molecule has 1 unspecified atom stereocenters. The second kappa shape index (κ2) is 7.27. The van der Waals surface area contributed by atoms with E-state index in [-0.39, 0.29) is 17.7 Å². The minimum Gasteiger partial charge on any atom is -0.497 e. The molecule has 0 fully saturated rings. The highest BCUT2D eigenvalue weighted by Crippen LogP contribution is 2.36. The third-order valence-electron chi connectivity index (χ3n) is 4.70. The summed E-state index contributed by atoms with van der Waals surface area (Å²) in [6.45, 7) is 3.75. The highest BCUT2D eigenvalue weighted by atomic mass is 16.5. The van der Waals surface area contributed by atoms with Gasteiger partial charge in [-0.1, -0.05) is 30.3 Å². The molecule has 0 bridgehead atoms. The molecule has 0 aliphatic heterocycles. The molecule has 5 heteroatoms. The Morgan fingerprint density at radius 3 is 2.50 bits per heavy atom. The zero-order valence-electron chi connectivity index (χ0n) is 16.0. The van der Waals surface area contributed by atoms with E-state index in [9.17, 15) is 4.79 Å². The number of hydrogen-bond acceptors (Lipinski definition) is 4. The van der Waals surface area contributed by atoms with Gasteiger partial charge < -0.3 is 18.9 Å². The Bertz CT molecular complexity index is 1120. The molecule has 2 aromatic carbocycles.